The smallest absolute Gasteiger partial charge is 0.148 e. The molecule has 4 nitrogen and oxygen atoms in total. The molecular weight excluding hydrogens is 294 g/mol. The summed E-state index contributed by atoms with van der Waals surface area (Å²) in [5.41, 5.74) is 2.07. The fourth-order valence-corrected chi connectivity index (χ4v) is 2.27. The first-order valence-electron chi connectivity index (χ1n) is 7.27. The molecule has 0 saturated carbocycles. The first kappa shape index (κ1) is 16.6. The second-order valence-electron chi connectivity index (χ2n) is 6.14. The lowest BCUT2D eigenvalue weighted by atomic mass is 10.1. The number of aromatic nitrogens is 2. The van der Waals surface area contributed by atoms with Gasteiger partial charge in [0.15, 0.2) is 0 Å². The zero-order valence-electron chi connectivity index (χ0n) is 13.8. The van der Waals surface area contributed by atoms with Crippen LogP contribution in [0.4, 0.5) is 5.82 Å². The van der Waals surface area contributed by atoms with Gasteiger partial charge >= 0.3 is 0 Å². The van der Waals surface area contributed by atoms with Crippen molar-refractivity contribution in [3.8, 4) is 5.75 Å². The summed E-state index contributed by atoms with van der Waals surface area (Å²) in [7, 11) is 0. The van der Waals surface area contributed by atoms with Gasteiger partial charge in [0.25, 0.3) is 0 Å². The topological polar surface area (TPSA) is 47.0 Å². The van der Waals surface area contributed by atoms with Gasteiger partial charge in [-0.25, -0.2) is 0 Å². The molecular formula is C17H23N3OS. The third-order valence-corrected chi connectivity index (χ3v) is 3.58. The predicted molar refractivity (Wildman–Crippen MR) is 92.7 cm³/mol. The van der Waals surface area contributed by atoms with E-state index in [1.165, 1.54) is 5.56 Å². The van der Waals surface area contributed by atoms with Gasteiger partial charge in [-0.3, -0.25) is 0 Å². The van der Waals surface area contributed by atoms with Gasteiger partial charge in [0, 0.05) is 12.1 Å². The van der Waals surface area contributed by atoms with E-state index in [4.69, 9.17) is 4.74 Å². The van der Waals surface area contributed by atoms with Crippen molar-refractivity contribution >= 4 is 17.6 Å². The van der Waals surface area contributed by atoms with E-state index in [-0.39, 0.29) is 5.60 Å². The molecule has 0 amide bonds. The Morgan fingerprint density at radius 2 is 1.91 bits per heavy atom. The van der Waals surface area contributed by atoms with Crippen LogP contribution in [0, 0.1) is 6.92 Å². The van der Waals surface area contributed by atoms with Gasteiger partial charge in [0.1, 0.15) is 22.2 Å². The highest BCUT2D eigenvalue weighted by Gasteiger charge is 2.14. The van der Waals surface area contributed by atoms with E-state index in [0.29, 0.717) is 6.54 Å². The van der Waals surface area contributed by atoms with Crippen LogP contribution in [0.2, 0.25) is 0 Å². The predicted octanol–water partition coefficient (Wildman–Crippen LogP) is 4.30. The number of ether oxygens (including phenoxy) is 1. The summed E-state index contributed by atoms with van der Waals surface area (Å²) in [4.78, 5) is 0. The summed E-state index contributed by atoms with van der Waals surface area (Å²) in [5, 5.41) is 12.5. The Kier molecular flexibility index (Phi) is 5.29. The monoisotopic (exact) mass is 317 g/mol. The van der Waals surface area contributed by atoms with E-state index in [1.54, 1.807) is 11.8 Å². The average Bonchev–Trinajstić information content (AvgIpc) is 2.45. The molecule has 0 aliphatic heterocycles. The number of thioether (sulfide) groups is 1. The van der Waals surface area contributed by atoms with E-state index < -0.39 is 0 Å². The number of rotatable bonds is 5. The SMILES string of the molecule is CSc1ccc(NCc2ccc(C)cc2OC(C)(C)C)nn1. The summed E-state index contributed by atoms with van der Waals surface area (Å²) in [6, 6.07) is 10.2. The summed E-state index contributed by atoms with van der Waals surface area (Å²) >= 11 is 1.58. The zero-order valence-corrected chi connectivity index (χ0v) is 14.6. The molecule has 0 spiro atoms. The van der Waals surface area contributed by atoms with Crippen LogP contribution in [-0.4, -0.2) is 22.1 Å². The lowest BCUT2D eigenvalue weighted by molar-refractivity contribution is 0.129. The Morgan fingerprint density at radius 1 is 1.14 bits per heavy atom. The highest BCUT2D eigenvalue weighted by molar-refractivity contribution is 7.98. The van der Waals surface area contributed by atoms with Crippen LogP contribution in [-0.2, 0) is 6.54 Å². The molecule has 2 rings (SSSR count). The van der Waals surface area contributed by atoms with Crippen LogP contribution in [0.25, 0.3) is 0 Å². The minimum absolute atomic E-state index is 0.220. The van der Waals surface area contributed by atoms with E-state index in [9.17, 15) is 0 Å². The van der Waals surface area contributed by atoms with Crippen LogP contribution in [0.3, 0.4) is 0 Å². The van der Waals surface area contributed by atoms with Crippen LogP contribution in [0.15, 0.2) is 35.4 Å². The third-order valence-electron chi connectivity index (χ3n) is 2.95. The maximum Gasteiger partial charge on any atom is 0.148 e. The molecule has 1 N–H and O–H groups in total. The lowest BCUT2D eigenvalue weighted by Gasteiger charge is -2.24. The Hall–Kier alpha value is -1.75. The van der Waals surface area contributed by atoms with E-state index in [2.05, 4.69) is 61.4 Å². The Bertz CT molecular complexity index is 621. The van der Waals surface area contributed by atoms with E-state index in [1.807, 2.05) is 18.4 Å². The summed E-state index contributed by atoms with van der Waals surface area (Å²) < 4.78 is 6.06. The number of nitrogens with zero attached hydrogens (tertiary/aromatic N) is 2. The van der Waals surface area contributed by atoms with Crippen molar-refractivity contribution in [3.05, 3.63) is 41.5 Å². The van der Waals surface area contributed by atoms with Crippen molar-refractivity contribution in [2.45, 2.75) is 44.9 Å². The Labute approximate surface area is 136 Å². The minimum atomic E-state index is -0.220. The second-order valence-corrected chi connectivity index (χ2v) is 6.97. The molecule has 1 aromatic heterocycles. The number of hydrogen-bond donors (Lipinski definition) is 1. The van der Waals surface area contributed by atoms with Gasteiger partial charge in [-0.1, -0.05) is 12.1 Å². The average molecular weight is 317 g/mol. The highest BCUT2D eigenvalue weighted by Crippen LogP contribution is 2.25. The van der Waals surface area contributed by atoms with Crippen molar-refractivity contribution < 1.29 is 4.74 Å². The first-order valence-corrected chi connectivity index (χ1v) is 8.50. The number of benzene rings is 1. The molecule has 5 heteroatoms. The zero-order chi connectivity index (χ0) is 16.2. The molecule has 0 aliphatic rings. The molecule has 1 heterocycles. The van der Waals surface area contributed by atoms with Crippen molar-refractivity contribution in [2.75, 3.05) is 11.6 Å². The minimum Gasteiger partial charge on any atom is -0.488 e. The fourth-order valence-electron chi connectivity index (χ4n) is 1.94. The molecule has 0 fully saturated rings. The summed E-state index contributed by atoms with van der Waals surface area (Å²) in [6.07, 6.45) is 1.99. The normalized spacial score (nSPS) is 11.3. The van der Waals surface area contributed by atoms with E-state index in [0.717, 1.165) is 22.2 Å². The largest absolute Gasteiger partial charge is 0.488 e. The molecule has 0 unspecified atom stereocenters. The van der Waals surface area contributed by atoms with Gasteiger partial charge in [-0.2, -0.15) is 0 Å². The number of anilines is 1. The van der Waals surface area contributed by atoms with Gasteiger partial charge < -0.3 is 10.1 Å². The van der Waals surface area contributed by atoms with Crippen molar-refractivity contribution in [1.29, 1.82) is 0 Å². The van der Waals surface area contributed by atoms with Gasteiger partial charge in [-0.05, 0) is 57.7 Å². The van der Waals surface area contributed by atoms with Crippen LogP contribution < -0.4 is 10.1 Å². The highest BCUT2D eigenvalue weighted by atomic mass is 32.2. The van der Waals surface area contributed by atoms with Crippen LogP contribution >= 0.6 is 11.8 Å². The molecule has 0 bridgehead atoms. The number of aryl methyl sites for hydroxylation is 1. The quantitative estimate of drug-likeness (QED) is 0.833. The van der Waals surface area contributed by atoms with Crippen LogP contribution in [0.5, 0.6) is 5.75 Å². The molecule has 0 radical (unpaired) electrons. The number of hydrogen-bond acceptors (Lipinski definition) is 5. The fraction of sp³-hybridized carbons (Fsp3) is 0.412. The second kappa shape index (κ2) is 7.01. The molecule has 22 heavy (non-hydrogen) atoms. The van der Waals surface area contributed by atoms with Gasteiger partial charge in [0.2, 0.25) is 0 Å². The Morgan fingerprint density at radius 3 is 2.50 bits per heavy atom. The van der Waals surface area contributed by atoms with Gasteiger partial charge in [0.05, 0.1) is 0 Å². The summed E-state index contributed by atoms with van der Waals surface area (Å²) in [6.45, 7) is 8.88. The summed E-state index contributed by atoms with van der Waals surface area (Å²) in [5.74, 6) is 1.67. The lowest BCUT2D eigenvalue weighted by Crippen LogP contribution is -2.24. The maximum absolute atomic E-state index is 6.06. The molecule has 0 atom stereocenters. The molecule has 0 aliphatic carbocycles. The third kappa shape index (κ3) is 4.91. The maximum atomic E-state index is 6.06. The standard InChI is InChI=1S/C17H23N3OS/c1-12-6-7-13(14(10-12)21-17(2,3)4)11-18-15-8-9-16(22-5)20-19-15/h6-10H,11H2,1-5H3,(H,18,19). The number of nitrogens with one attached hydrogen (secondary N) is 1. The first-order chi connectivity index (χ1) is 10.4. The van der Waals surface area contributed by atoms with E-state index >= 15 is 0 Å². The molecule has 2 aromatic rings. The van der Waals surface area contributed by atoms with Crippen molar-refractivity contribution in [3.63, 3.8) is 0 Å². The molecule has 0 saturated heterocycles. The van der Waals surface area contributed by atoms with Crippen LogP contribution in [0.1, 0.15) is 31.9 Å². The Balaban J connectivity index is 2.11. The van der Waals surface area contributed by atoms with Gasteiger partial charge in [-0.15, -0.1) is 22.0 Å². The van der Waals surface area contributed by atoms with Crippen molar-refractivity contribution in [1.82, 2.24) is 10.2 Å². The van der Waals surface area contributed by atoms with Crippen molar-refractivity contribution in [2.24, 2.45) is 0 Å². The molecule has 118 valence electrons. The molecule has 1 aromatic carbocycles.